The van der Waals surface area contributed by atoms with Gasteiger partial charge in [0.2, 0.25) is 0 Å². The van der Waals surface area contributed by atoms with Gasteiger partial charge >= 0.3 is 0 Å². The largest absolute Gasteiger partial charge is 0.370 e. The summed E-state index contributed by atoms with van der Waals surface area (Å²) in [6.45, 7) is 1.88. The van der Waals surface area contributed by atoms with Gasteiger partial charge in [-0.25, -0.2) is 15.0 Å². The molecule has 0 aromatic carbocycles. The molecule has 0 bridgehead atoms. The van der Waals surface area contributed by atoms with E-state index in [1.807, 2.05) is 18.7 Å². The average Bonchev–Trinajstić information content (AvgIpc) is 3.25. The minimum atomic E-state index is 0.353. The summed E-state index contributed by atoms with van der Waals surface area (Å²) in [6.07, 6.45) is 11.3. The van der Waals surface area contributed by atoms with Crippen molar-refractivity contribution in [1.82, 2.24) is 19.5 Å². The molecule has 0 amide bonds. The Kier molecular flexibility index (Phi) is 3.99. The predicted molar refractivity (Wildman–Crippen MR) is 89.3 cm³/mol. The molecular weight excluding hydrogens is 288 g/mol. The molecule has 2 saturated carbocycles. The molecular formula is C17H24N6. The van der Waals surface area contributed by atoms with Crippen molar-refractivity contribution in [3.63, 3.8) is 0 Å². The lowest BCUT2D eigenvalue weighted by Crippen LogP contribution is -2.35. The quantitative estimate of drug-likeness (QED) is 0.766. The third kappa shape index (κ3) is 3.52. The van der Waals surface area contributed by atoms with Gasteiger partial charge in [0, 0.05) is 55.1 Å². The monoisotopic (exact) mass is 312 g/mol. The highest BCUT2D eigenvalue weighted by atomic mass is 15.1. The maximum atomic E-state index is 5.93. The van der Waals surface area contributed by atoms with Crippen LogP contribution in [0.4, 0.5) is 5.82 Å². The van der Waals surface area contributed by atoms with Crippen molar-refractivity contribution in [1.29, 1.82) is 0 Å². The Balaban J connectivity index is 1.38. The van der Waals surface area contributed by atoms with Crippen LogP contribution in [0.25, 0.3) is 0 Å². The zero-order valence-electron chi connectivity index (χ0n) is 13.4. The van der Waals surface area contributed by atoms with Crippen LogP contribution >= 0.6 is 0 Å². The number of nitrogens with one attached hydrogen (secondary N) is 1. The van der Waals surface area contributed by atoms with Crippen molar-refractivity contribution < 1.29 is 0 Å². The normalized spacial score (nSPS) is 23.5. The molecule has 2 aromatic heterocycles. The Morgan fingerprint density at radius 2 is 2.09 bits per heavy atom. The fraction of sp³-hybridized carbons (Fsp3) is 0.588. The standard InChI is InChI=1S/C17H24N6/c18-14-8-13(9-14)15-10-16(22-17(21-15)12-2-3-12)20-4-1-6-23-7-5-19-11-23/h5,7,10-14H,1-4,6,8-9,18H2,(H,20,21,22). The SMILES string of the molecule is NC1CC(c2cc(NCCCn3ccnc3)nc(C3CC3)n2)C1. The second kappa shape index (κ2) is 6.28. The first-order chi connectivity index (χ1) is 11.3. The van der Waals surface area contributed by atoms with Crippen LogP contribution in [0.1, 0.15) is 55.5 Å². The molecule has 0 saturated heterocycles. The van der Waals surface area contributed by atoms with Crippen LogP contribution in [0.15, 0.2) is 24.8 Å². The second-order valence-electron chi connectivity index (χ2n) is 6.82. The summed E-state index contributed by atoms with van der Waals surface area (Å²) in [7, 11) is 0. The third-order valence-electron chi connectivity index (χ3n) is 4.76. The Morgan fingerprint density at radius 3 is 2.78 bits per heavy atom. The van der Waals surface area contributed by atoms with E-state index in [0.29, 0.717) is 17.9 Å². The zero-order valence-corrected chi connectivity index (χ0v) is 13.4. The van der Waals surface area contributed by atoms with Gasteiger partial charge in [0.25, 0.3) is 0 Å². The van der Waals surface area contributed by atoms with Crippen molar-refractivity contribution in [2.75, 3.05) is 11.9 Å². The lowest BCUT2D eigenvalue weighted by atomic mass is 9.78. The molecule has 2 aromatic rings. The molecule has 2 aliphatic rings. The van der Waals surface area contributed by atoms with Crippen LogP contribution in [-0.4, -0.2) is 32.1 Å². The molecule has 122 valence electrons. The lowest BCUT2D eigenvalue weighted by molar-refractivity contribution is 0.344. The number of aromatic nitrogens is 4. The summed E-state index contributed by atoms with van der Waals surface area (Å²) >= 11 is 0. The van der Waals surface area contributed by atoms with Gasteiger partial charge in [-0.2, -0.15) is 0 Å². The van der Waals surface area contributed by atoms with E-state index < -0.39 is 0 Å². The molecule has 0 spiro atoms. The molecule has 0 atom stereocenters. The molecule has 2 fully saturated rings. The fourth-order valence-corrected chi connectivity index (χ4v) is 3.11. The predicted octanol–water partition coefficient (Wildman–Crippen LogP) is 2.26. The minimum Gasteiger partial charge on any atom is -0.370 e. The van der Waals surface area contributed by atoms with E-state index >= 15 is 0 Å². The number of anilines is 1. The highest BCUT2D eigenvalue weighted by Crippen LogP contribution is 2.41. The van der Waals surface area contributed by atoms with E-state index in [-0.39, 0.29) is 0 Å². The van der Waals surface area contributed by atoms with E-state index in [4.69, 9.17) is 15.7 Å². The van der Waals surface area contributed by atoms with Crippen molar-refractivity contribution >= 4 is 5.82 Å². The number of aryl methyl sites for hydroxylation is 1. The average molecular weight is 312 g/mol. The maximum Gasteiger partial charge on any atom is 0.134 e. The number of hydrogen-bond donors (Lipinski definition) is 2. The number of hydrogen-bond acceptors (Lipinski definition) is 5. The highest BCUT2D eigenvalue weighted by molar-refractivity contribution is 5.38. The van der Waals surface area contributed by atoms with Gasteiger partial charge in [-0.1, -0.05) is 0 Å². The summed E-state index contributed by atoms with van der Waals surface area (Å²) in [5.41, 5.74) is 7.11. The Labute approximate surface area is 136 Å². The molecule has 23 heavy (non-hydrogen) atoms. The van der Waals surface area contributed by atoms with Crippen LogP contribution in [-0.2, 0) is 6.54 Å². The number of imidazole rings is 1. The first-order valence-corrected chi connectivity index (χ1v) is 8.62. The lowest BCUT2D eigenvalue weighted by Gasteiger charge is -2.32. The highest BCUT2D eigenvalue weighted by Gasteiger charge is 2.32. The molecule has 0 aliphatic heterocycles. The molecule has 4 rings (SSSR count). The van der Waals surface area contributed by atoms with Crippen molar-refractivity contribution in [3.05, 3.63) is 36.3 Å². The summed E-state index contributed by atoms with van der Waals surface area (Å²) in [4.78, 5) is 13.6. The molecule has 0 radical (unpaired) electrons. The van der Waals surface area contributed by atoms with Gasteiger partial charge in [0.1, 0.15) is 11.6 Å². The Hall–Kier alpha value is -1.95. The first kappa shape index (κ1) is 14.6. The van der Waals surface area contributed by atoms with Gasteiger partial charge in [-0.3, -0.25) is 0 Å². The molecule has 6 heteroatoms. The summed E-state index contributed by atoms with van der Waals surface area (Å²) in [5, 5.41) is 3.47. The smallest absolute Gasteiger partial charge is 0.134 e. The third-order valence-corrected chi connectivity index (χ3v) is 4.76. The fourth-order valence-electron chi connectivity index (χ4n) is 3.11. The van der Waals surface area contributed by atoms with Crippen LogP contribution in [0, 0.1) is 0 Å². The molecule has 2 heterocycles. The van der Waals surface area contributed by atoms with E-state index in [2.05, 4.69) is 20.9 Å². The van der Waals surface area contributed by atoms with Crippen LogP contribution in [0.5, 0.6) is 0 Å². The van der Waals surface area contributed by atoms with Crippen LogP contribution in [0.2, 0.25) is 0 Å². The Morgan fingerprint density at radius 1 is 1.22 bits per heavy atom. The molecule has 6 nitrogen and oxygen atoms in total. The van der Waals surface area contributed by atoms with Gasteiger partial charge < -0.3 is 15.6 Å². The molecule has 0 unspecified atom stereocenters. The van der Waals surface area contributed by atoms with E-state index in [9.17, 15) is 0 Å². The van der Waals surface area contributed by atoms with Gasteiger partial charge in [0.15, 0.2) is 0 Å². The Bertz CT molecular complexity index is 643. The molecule has 2 aliphatic carbocycles. The summed E-state index contributed by atoms with van der Waals surface area (Å²) in [6, 6.07) is 2.48. The van der Waals surface area contributed by atoms with Gasteiger partial charge in [0.05, 0.1) is 6.33 Å². The summed E-state index contributed by atoms with van der Waals surface area (Å²) < 4.78 is 2.10. The topological polar surface area (TPSA) is 81.6 Å². The minimum absolute atomic E-state index is 0.353. The summed E-state index contributed by atoms with van der Waals surface area (Å²) in [5.74, 6) is 3.11. The van der Waals surface area contributed by atoms with Gasteiger partial charge in [-0.05, 0) is 32.1 Å². The van der Waals surface area contributed by atoms with Crippen molar-refractivity contribution in [3.8, 4) is 0 Å². The molecule has 3 N–H and O–H groups in total. The second-order valence-corrected chi connectivity index (χ2v) is 6.82. The van der Waals surface area contributed by atoms with Crippen molar-refractivity contribution in [2.45, 2.75) is 56.5 Å². The first-order valence-electron chi connectivity index (χ1n) is 8.62. The van der Waals surface area contributed by atoms with E-state index in [0.717, 1.165) is 44.0 Å². The zero-order chi connectivity index (χ0) is 15.6. The van der Waals surface area contributed by atoms with Crippen LogP contribution < -0.4 is 11.1 Å². The van der Waals surface area contributed by atoms with Crippen molar-refractivity contribution in [2.24, 2.45) is 5.73 Å². The number of nitrogens with two attached hydrogens (primary N) is 1. The maximum absolute atomic E-state index is 5.93. The van der Waals surface area contributed by atoms with Gasteiger partial charge in [-0.15, -0.1) is 0 Å². The van der Waals surface area contributed by atoms with E-state index in [1.54, 1.807) is 0 Å². The van der Waals surface area contributed by atoms with E-state index in [1.165, 1.54) is 18.5 Å². The number of rotatable bonds is 7. The van der Waals surface area contributed by atoms with Crippen LogP contribution in [0.3, 0.4) is 0 Å². The number of nitrogens with zero attached hydrogens (tertiary/aromatic N) is 4.